The van der Waals surface area contributed by atoms with Crippen molar-refractivity contribution in [2.45, 2.75) is 36.3 Å². The van der Waals surface area contributed by atoms with Crippen molar-refractivity contribution in [3.63, 3.8) is 0 Å². The molecule has 2 saturated heterocycles. The highest BCUT2D eigenvalue weighted by atomic mass is 32.5. The van der Waals surface area contributed by atoms with Crippen molar-refractivity contribution in [2.75, 3.05) is 37.9 Å². The maximum absolute atomic E-state index is 16.0. The van der Waals surface area contributed by atoms with Crippen molar-refractivity contribution >= 4 is 52.6 Å². The van der Waals surface area contributed by atoms with Crippen molar-refractivity contribution in [3.8, 4) is 0 Å². The summed E-state index contributed by atoms with van der Waals surface area (Å²) in [4.78, 5) is 41.5. The van der Waals surface area contributed by atoms with Gasteiger partial charge in [0.25, 0.3) is 11.4 Å². The van der Waals surface area contributed by atoms with E-state index in [-0.39, 0.29) is 47.1 Å². The number of anilines is 2. The SMILES string of the molecule is Nc1nc2c(ncn2C2(OP(O)(=S)OC[C@H]3OCC(F)(n4nnc5c(N)ncnc54)[C@@H]3O)CO[C@H](CO)C2)c(=O)[nH]1. The number of H-pyrrole nitrogens is 1. The molecule has 0 amide bonds. The molecule has 6 atom stereocenters. The normalized spacial score (nSPS) is 29.9. The Morgan fingerprint density at radius 3 is 2.80 bits per heavy atom. The maximum Gasteiger partial charge on any atom is 0.326 e. The fourth-order valence-electron chi connectivity index (χ4n) is 4.77. The molecule has 4 aromatic rings. The van der Waals surface area contributed by atoms with Gasteiger partial charge in [0, 0.05) is 6.42 Å². The van der Waals surface area contributed by atoms with E-state index in [0.29, 0.717) is 0 Å². The first kappa shape index (κ1) is 27.9. The van der Waals surface area contributed by atoms with Crippen LogP contribution in [-0.4, -0.2) is 104 Å². The second kappa shape index (κ2) is 9.93. The van der Waals surface area contributed by atoms with Crippen molar-refractivity contribution in [1.82, 2.24) is 44.5 Å². The number of nitrogen functional groups attached to an aromatic ring is 2. The molecule has 0 aliphatic carbocycles. The first-order valence-corrected chi connectivity index (χ1v) is 14.5. The number of hydrogen-bond donors (Lipinski definition) is 6. The number of ether oxygens (including phenoxy) is 2. The number of aliphatic hydroxyl groups excluding tert-OH is 2. The third kappa shape index (κ3) is 4.64. The summed E-state index contributed by atoms with van der Waals surface area (Å²) in [6, 6.07) is 0. The predicted molar refractivity (Wildman–Crippen MR) is 138 cm³/mol. The first-order chi connectivity index (χ1) is 19.5. The van der Waals surface area contributed by atoms with E-state index in [1.165, 1.54) is 10.9 Å². The van der Waals surface area contributed by atoms with E-state index in [4.69, 9.17) is 41.8 Å². The number of nitrogens with one attached hydrogen (secondary N) is 1. The zero-order valence-electron chi connectivity index (χ0n) is 20.8. The fourth-order valence-corrected chi connectivity index (χ4v) is 6.41. The molecule has 0 bridgehead atoms. The number of nitrogens with two attached hydrogens (primary N) is 2. The van der Waals surface area contributed by atoms with Crippen LogP contribution < -0.4 is 17.0 Å². The van der Waals surface area contributed by atoms with Crippen LogP contribution >= 0.6 is 6.72 Å². The van der Waals surface area contributed by atoms with Gasteiger partial charge >= 0.3 is 6.72 Å². The van der Waals surface area contributed by atoms with E-state index in [2.05, 4.69) is 35.2 Å². The highest BCUT2D eigenvalue weighted by Gasteiger charge is 2.54. The molecule has 0 spiro atoms. The molecular formula is C19H23FN11O8PS. The number of nitrogens with zero attached hydrogens (tertiary/aromatic N) is 8. The number of aliphatic hydroxyl groups is 2. The van der Waals surface area contributed by atoms with Crippen LogP contribution in [0.25, 0.3) is 22.3 Å². The lowest BCUT2D eigenvalue weighted by Gasteiger charge is -2.33. The Morgan fingerprint density at radius 1 is 1.24 bits per heavy atom. The molecule has 4 aromatic heterocycles. The lowest BCUT2D eigenvalue weighted by atomic mass is 10.1. The lowest BCUT2D eigenvalue weighted by Crippen LogP contribution is -2.44. The number of imidazole rings is 1. The number of aromatic amines is 1. The zero-order valence-corrected chi connectivity index (χ0v) is 22.5. The van der Waals surface area contributed by atoms with Gasteiger partial charge in [0.15, 0.2) is 33.9 Å². The van der Waals surface area contributed by atoms with Gasteiger partial charge in [-0.25, -0.2) is 19.3 Å². The first-order valence-electron chi connectivity index (χ1n) is 11.9. The van der Waals surface area contributed by atoms with Gasteiger partial charge in [0.05, 0.1) is 32.3 Å². The Morgan fingerprint density at radius 2 is 2.05 bits per heavy atom. The molecule has 3 unspecified atom stereocenters. The topological polar surface area (TPSA) is 270 Å². The summed E-state index contributed by atoms with van der Waals surface area (Å²) < 4.78 is 40.4. The average molecular weight is 616 g/mol. The van der Waals surface area contributed by atoms with Crippen molar-refractivity contribution in [1.29, 1.82) is 0 Å². The second-order valence-electron chi connectivity index (χ2n) is 9.40. The van der Waals surface area contributed by atoms with Gasteiger partial charge in [-0.3, -0.25) is 18.9 Å². The summed E-state index contributed by atoms with van der Waals surface area (Å²) in [5.74, 6) is -2.85. The molecule has 2 aliphatic rings. The van der Waals surface area contributed by atoms with Crippen molar-refractivity contribution in [2.24, 2.45) is 0 Å². The van der Waals surface area contributed by atoms with Crippen LogP contribution in [0.4, 0.5) is 16.2 Å². The number of fused-ring (bicyclic) bond motifs is 2. The van der Waals surface area contributed by atoms with Crippen LogP contribution in [0.1, 0.15) is 6.42 Å². The summed E-state index contributed by atoms with van der Waals surface area (Å²) in [7, 11) is 0. The molecule has 0 radical (unpaired) electrons. The Balaban J connectivity index is 1.23. The van der Waals surface area contributed by atoms with Gasteiger partial charge in [-0.05, 0) is 11.8 Å². The molecule has 0 saturated carbocycles. The molecular weight excluding hydrogens is 592 g/mol. The van der Waals surface area contributed by atoms with Gasteiger partial charge in [-0.1, -0.05) is 5.21 Å². The van der Waals surface area contributed by atoms with E-state index in [0.717, 1.165) is 11.0 Å². The quantitative estimate of drug-likeness (QED) is 0.113. The van der Waals surface area contributed by atoms with Crippen LogP contribution in [0.15, 0.2) is 17.4 Å². The van der Waals surface area contributed by atoms with Crippen LogP contribution in [-0.2, 0) is 41.8 Å². The number of hydrogen-bond acceptors (Lipinski definition) is 16. The number of halogens is 1. The summed E-state index contributed by atoms with van der Waals surface area (Å²) in [5, 5.41) is 28.0. The average Bonchev–Trinajstić information content (AvgIpc) is 3.69. The standard InChI is InChI=1S/C19H23FN11O8PS/c20-19(31-14-10(28-29-31)13(21)23-6-24-14)5-37-9(12(19)33)3-38-40(35,41)39-18(1-8(2-32)36-4-18)30-7-25-11-15(30)26-17(22)27-16(11)34/h6-9,12,32-33H,1-5H2,(H,35,41)(H2,21,23,24)(H3,22,26,27,34)/t8-,9+,12+,18?,19?,40?/m0/s1. The van der Waals surface area contributed by atoms with Crippen molar-refractivity contribution in [3.05, 3.63) is 23.0 Å². The summed E-state index contributed by atoms with van der Waals surface area (Å²) in [6.07, 6.45) is -1.65. The highest BCUT2D eigenvalue weighted by Crippen LogP contribution is 2.53. The third-order valence-electron chi connectivity index (χ3n) is 6.77. The van der Waals surface area contributed by atoms with Crippen LogP contribution in [0.5, 0.6) is 0 Å². The van der Waals surface area contributed by atoms with Crippen molar-refractivity contribution < 1.29 is 38.0 Å². The number of rotatable bonds is 8. The van der Waals surface area contributed by atoms with Crippen LogP contribution in [0.3, 0.4) is 0 Å². The van der Waals surface area contributed by atoms with Gasteiger partial charge in [0.1, 0.15) is 25.1 Å². The Kier molecular flexibility index (Phi) is 6.75. The fraction of sp³-hybridized carbons (Fsp3) is 0.526. The number of alkyl halides is 1. The molecule has 220 valence electrons. The molecule has 8 N–H and O–H groups in total. The molecule has 2 fully saturated rings. The Labute approximate surface area is 232 Å². The van der Waals surface area contributed by atoms with E-state index in [1.54, 1.807) is 0 Å². The molecule has 2 aliphatic heterocycles. The minimum absolute atomic E-state index is 0.00436. The summed E-state index contributed by atoms with van der Waals surface area (Å²) in [5.41, 5.74) is 9.09. The molecule has 6 heterocycles. The van der Waals surface area contributed by atoms with E-state index < -0.39 is 61.9 Å². The van der Waals surface area contributed by atoms with E-state index in [9.17, 15) is 19.9 Å². The monoisotopic (exact) mass is 615 g/mol. The Hall–Kier alpha value is -3.27. The molecule has 6 rings (SSSR count). The minimum Gasteiger partial charge on any atom is -0.394 e. The predicted octanol–water partition coefficient (Wildman–Crippen LogP) is -2.42. The molecule has 0 aromatic carbocycles. The van der Waals surface area contributed by atoms with Crippen LogP contribution in [0.2, 0.25) is 0 Å². The van der Waals surface area contributed by atoms with E-state index >= 15 is 4.39 Å². The van der Waals surface area contributed by atoms with Gasteiger partial charge in [-0.2, -0.15) is 9.67 Å². The zero-order chi connectivity index (χ0) is 29.2. The summed E-state index contributed by atoms with van der Waals surface area (Å²) >= 11 is 5.23. The molecule has 22 heteroatoms. The third-order valence-corrected chi connectivity index (χ3v) is 8.36. The molecule has 41 heavy (non-hydrogen) atoms. The van der Waals surface area contributed by atoms with Gasteiger partial charge < -0.3 is 40.6 Å². The second-order valence-corrected chi connectivity index (χ2v) is 12.2. The van der Waals surface area contributed by atoms with Crippen LogP contribution in [0, 0.1) is 0 Å². The Bertz CT molecular complexity index is 1740. The highest BCUT2D eigenvalue weighted by molar-refractivity contribution is 8.07. The van der Waals surface area contributed by atoms with Gasteiger partial charge in [-0.15, -0.1) is 5.10 Å². The smallest absolute Gasteiger partial charge is 0.326 e. The minimum atomic E-state index is -4.22. The maximum atomic E-state index is 16.0. The van der Waals surface area contributed by atoms with E-state index in [1.807, 2.05) is 0 Å². The lowest BCUT2D eigenvalue weighted by molar-refractivity contribution is -0.0592. The van der Waals surface area contributed by atoms with Gasteiger partial charge in [0.2, 0.25) is 5.95 Å². The number of aromatic nitrogens is 9. The summed E-state index contributed by atoms with van der Waals surface area (Å²) in [6.45, 7) is -6.13. The molecule has 19 nitrogen and oxygen atoms in total. The largest absolute Gasteiger partial charge is 0.394 e.